The van der Waals surface area contributed by atoms with Crippen LogP contribution in [0.1, 0.15) is 59.2 Å². The molecule has 192 valence electrons. The van der Waals surface area contributed by atoms with Crippen LogP contribution in [0, 0.1) is 25.6 Å². The summed E-state index contributed by atoms with van der Waals surface area (Å²) in [6, 6.07) is 12.2. The number of benzene rings is 1. The van der Waals surface area contributed by atoms with E-state index in [0.29, 0.717) is 17.2 Å². The highest BCUT2D eigenvalue weighted by molar-refractivity contribution is 5.98. The quantitative estimate of drug-likeness (QED) is 0.265. The zero-order valence-corrected chi connectivity index (χ0v) is 21.2. The van der Waals surface area contributed by atoms with Crippen LogP contribution in [0.3, 0.4) is 0 Å². The molecular formula is C30H27FN4O3. The van der Waals surface area contributed by atoms with Crippen molar-refractivity contribution in [2.24, 2.45) is 5.92 Å². The first-order valence-corrected chi connectivity index (χ1v) is 12.8. The summed E-state index contributed by atoms with van der Waals surface area (Å²) in [5, 5.41) is 14.5. The summed E-state index contributed by atoms with van der Waals surface area (Å²) in [7, 11) is 0. The molecule has 0 radical (unpaired) electrons. The van der Waals surface area contributed by atoms with Crippen molar-refractivity contribution in [3.8, 4) is 22.3 Å². The van der Waals surface area contributed by atoms with Gasteiger partial charge >= 0.3 is 5.97 Å². The zero-order chi connectivity index (χ0) is 26.4. The average molecular weight is 511 g/mol. The van der Waals surface area contributed by atoms with Gasteiger partial charge in [-0.2, -0.15) is 0 Å². The number of fused-ring (bicyclic) bond motifs is 1. The molecule has 1 saturated carbocycles. The standard InChI is InChI=1S/C30H27FN4O3/c1-17-27(18(2)38-34-17)21-14-22-24(20-10-11-25(31)23(13-20)30(36)37)16-35(29(22)33-15-21)28(19-7-3-4-8-19)26-9-5-6-12-32-26/h5-6,9-16,19,28H,3-4,7-8H2,1-2H3,(H,36,37). The number of carboxylic acids is 1. The summed E-state index contributed by atoms with van der Waals surface area (Å²) < 4.78 is 21.9. The number of hydrogen-bond acceptors (Lipinski definition) is 5. The minimum atomic E-state index is -1.31. The van der Waals surface area contributed by atoms with Crippen molar-refractivity contribution < 1.29 is 18.8 Å². The van der Waals surface area contributed by atoms with Crippen LogP contribution in [-0.2, 0) is 0 Å². The van der Waals surface area contributed by atoms with E-state index in [2.05, 4.69) is 9.72 Å². The molecule has 1 N–H and O–H groups in total. The fraction of sp³-hybridized carbons (Fsp3) is 0.267. The average Bonchev–Trinajstić information content (AvgIpc) is 3.65. The molecule has 0 saturated heterocycles. The molecule has 0 amide bonds. The highest BCUT2D eigenvalue weighted by Gasteiger charge is 2.31. The van der Waals surface area contributed by atoms with Gasteiger partial charge in [0.25, 0.3) is 0 Å². The molecule has 0 spiro atoms. The first kappa shape index (κ1) is 24.0. The monoisotopic (exact) mass is 510 g/mol. The Labute approximate surface area is 219 Å². The topological polar surface area (TPSA) is 94.0 Å². The third-order valence-electron chi connectivity index (χ3n) is 7.64. The Hall–Kier alpha value is -4.33. The zero-order valence-electron chi connectivity index (χ0n) is 21.2. The van der Waals surface area contributed by atoms with Crippen LogP contribution < -0.4 is 0 Å². The van der Waals surface area contributed by atoms with Gasteiger partial charge in [0.1, 0.15) is 17.2 Å². The third-order valence-corrected chi connectivity index (χ3v) is 7.64. The van der Waals surface area contributed by atoms with Crippen molar-refractivity contribution in [3.05, 3.63) is 89.6 Å². The van der Waals surface area contributed by atoms with Crippen LogP contribution in [0.5, 0.6) is 0 Å². The summed E-state index contributed by atoms with van der Waals surface area (Å²) in [4.78, 5) is 21.4. The maximum absolute atomic E-state index is 14.3. The Morgan fingerprint density at radius 1 is 1.11 bits per heavy atom. The van der Waals surface area contributed by atoms with Gasteiger partial charge in [-0.1, -0.05) is 30.1 Å². The molecule has 38 heavy (non-hydrogen) atoms. The molecule has 1 aliphatic carbocycles. The lowest BCUT2D eigenvalue weighted by Gasteiger charge is -2.25. The van der Waals surface area contributed by atoms with Crippen molar-refractivity contribution in [1.82, 2.24) is 19.7 Å². The van der Waals surface area contributed by atoms with Crippen molar-refractivity contribution >= 4 is 17.0 Å². The van der Waals surface area contributed by atoms with Gasteiger partial charge in [-0.3, -0.25) is 4.98 Å². The molecule has 0 aliphatic heterocycles. The van der Waals surface area contributed by atoms with Crippen LogP contribution in [0.2, 0.25) is 0 Å². The lowest BCUT2D eigenvalue weighted by Crippen LogP contribution is -2.19. The number of aromatic nitrogens is 4. The maximum Gasteiger partial charge on any atom is 0.338 e. The number of hydrogen-bond donors (Lipinski definition) is 1. The minimum absolute atomic E-state index is 0.0354. The lowest BCUT2D eigenvalue weighted by atomic mass is 9.94. The molecule has 1 unspecified atom stereocenters. The normalized spacial score (nSPS) is 14.8. The summed E-state index contributed by atoms with van der Waals surface area (Å²) in [6.45, 7) is 3.75. The largest absolute Gasteiger partial charge is 0.478 e. The SMILES string of the molecule is Cc1noc(C)c1-c1cnc2c(c1)c(-c1ccc(F)c(C(=O)O)c1)cn2C(c1ccccn1)C1CCCC1. The van der Waals surface area contributed by atoms with E-state index in [1.54, 1.807) is 6.07 Å². The van der Waals surface area contributed by atoms with E-state index in [4.69, 9.17) is 14.5 Å². The van der Waals surface area contributed by atoms with Gasteiger partial charge in [0.2, 0.25) is 0 Å². The lowest BCUT2D eigenvalue weighted by molar-refractivity contribution is 0.0692. The minimum Gasteiger partial charge on any atom is -0.478 e. The van der Waals surface area contributed by atoms with Crippen LogP contribution in [-0.4, -0.2) is 30.8 Å². The third kappa shape index (κ3) is 4.06. The fourth-order valence-corrected chi connectivity index (χ4v) is 5.90. The molecule has 5 aromatic rings. The summed E-state index contributed by atoms with van der Waals surface area (Å²) in [5.74, 6) is -0.992. The maximum atomic E-state index is 14.3. The van der Waals surface area contributed by atoms with Gasteiger partial charge in [0.15, 0.2) is 0 Å². The molecule has 4 heterocycles. The van der Waals surface area contributed by atoms with E-state index >= 15 is 0 Å². The number of rotatable bonds is 6. The van der Waals surface area contributed by atoms with E-state index in [-0.39, 0.29) is 11.6 Å². The van der Waals surface area contributed by atoms with E-state index in [1.807, 2.05) is 56.7 Å². The second-order valence-corrected chi connectivity index (χ2v) is 9.99. The van der Waals surface area contributed by atoms with Gasteiger partial charge in [-0.05, 0) is 68.5 Å². The molecule has 1 aromatic carbocycles. The Bertz CT molecular complexity index is 1630. The Morgan fingerprint density at radius 3 is 2.61 bits per heavy atom. The van der Waals surface area contributed by atoms with Crippen LogP contribution >= 0.6 is 0 Å². The molecule has 1 fully saturated rings. The van der Waals surface area contributed by atoms with Crippen molar-refractivity contribution in [3.63, 3.8) is 0 Å². The van der Waals surface area contributed by atoms with E-state index < -0.39 is 11.8 Å². The Kier molecular flexibility index (Phi) is 6.02. The Morgan fingerprint density at radius 2 is 1.92 bits per heavy atom. The van der Waals surface area contributed by atoms with Crippen LogP contribution in [0.15, 0.2) is 65.6 Å². The number of carboxylic acid groups (broad SMARTS) is 1. The van der Waals surface area contributed by atoms with E-state index in [0.717, 1.165) is 52.0 Å². The van der Waals surface area contributed by atoms with Crippen LogP contribution in [0.4, 0.5) is 4.39 Å². The second-order valence-electron chi connectivity index (χ2n) is 9.99. The fourth-order valence-electron chi connectivity index (χ4n) is 5.90. The molecule has 1 atom stereocenters. The molecule has 4 aromatic heterocycles. The van der Waals surface area contributed by atoms with Gasteiger partial charge < -0.3 is 14.2 Å². The molecular weight excluding hydrogens is 483 g/mol. The number of aryl methyl sites for hydroxylation is 2. The smallest absolute Gasteiger partial charge is 0.338 e. The molecule has 1 aliphatic rings. The second kappa shape index (κ2) is 9.52. The predicted octanol–water partition coefficient (Wildman–Crippen LogP) is 6.99. The number of nitrogens with zero attached hydrogens (tertiary/aromatic N) is 4. The first-order valence-electron chi connectivity index (χ1n) is 12.8. The Balaban J connectivity index is 1.62. The van der Waals surface area contributed by atoms with Crippen molar-refractivity contribution in [2.75, 3.05) is 0 Å². The first-order chi connectivity index (χ1) is 18.4. The van der Waals surface area contributed by atoms with Crippen molar-refractivity contribution in [2.45, 2.75) is 45.6 Å². The number of aromatic carboxylic acids is 1. The van der Waals surface area contributed by atoms with E-state index in [1.165, 1.54) is 25.0 Å². The number of pyridine rings is 2. The number of halogens is 1. The van der Waals surface area contributed by atoms with Crippen LogP contribution in [0.25, 0.3) is 33.3 Å². The molecule has 6 rings (SSSR count). The molecule has 0 bridgehead atoms. The van der Waals surface area contributed by atoms with E-state index in [9.17, 15) is 14.3 Å². The molecule has 7 nitrogen and oxygen atoms in total. The summed E-state index contributed by atoms with van der Waals surface area (Å²) in [6.07, 6.45) is 10.2. The highest BCUT2D eigenvalue weighted by atomic mass is 19.1. The van der Waals surface area contributed by atoms with Gasteiger partial charge in [-0.25, -0.2) is 14.2 Å². The summed E-state index contributed by atoms with van der Waals surface area (Å²) in [5.41, 5.74) is 5.24. The van der Waals surface area contributed by atoms with Gasteiger partial charge in [0, 0.05) is 40.7 Å². The predicted molar refractivity (Wildman–Crippen MR) is 141 cm³/mol. The molecule has 8 heteroatoms. The summed E-state index contributed by atoms with van der Waals surface area (Å²) >= 11 is 0. The number of carbonyl (C=O) groups is 1. The van der Waals surface area contributed by atoms with Gasteiger partial charge in [-0.15, -0.1) is 0 Å². The van der Waals surface area contributed by atoms with Crippen molar-refractivity contribution in [1.29, 1.82) is 0 Å². The van der Waals surface area contributed by atoms with Gasteiger partial charge in [0.05, 0.1) is 23.0 Å². The highest BCUT2D eigenvalue weighted by Crippen LogP contribution is 2.42.